The number of nitrogens with zero attached hydrogens (tertiary/aromatic N) is 1. The van der Waals surface area contributed by atoms with Crippen LogP contribution in [0.1, 0.15) is 41.5 Å². The van der Waals surface area contributed by atoms with E-state index in [-0.39, 0.29) is 12.4 Å². The van der Waals surface area contributed by atoms with Crippen LogP contribution in [-0.2, 0) is 6.54 Å². The van der Waals surface area contributed by atoms with Crippen molar-refractivity contribution in [3.63, 3.8) is 0 Å². The second-order valence-corrected chi connectivity index (χ2v) is 6.47. The fourth-order valence-electron chi connectivity index (χ4n) is 3.21. The van der Waals surface area contributed by atoms with Gasteiger partial charge in [-0.05, 0) is 94.9 Å². The molecule has 120 valence electrons. The molecule has 0 saturated carbocycles. The Kier molecular flexibility index (Phi) is 7.72. The molecule has 0 bridgehead atoms. The Labute approximate surface area is 136 Å². The van der Waals surface area contributed by atoms with Crippen LogP contribution in [0.25, 0.3) is 0 Å². The lowest BCUT2D eigenvalue weighted by molar-refractivity contribution is 0.172. The predicted molar refractivity (Wildman–Crippen MR) is 94.4 cm³/mol. The highest BCUT2D eigenvalue weighted by molar-refractivity contribution is 5.85. The minimum Gasteiger partial charge on any atom is -0.320 e. The molecule has 1 heterocycles. The third kappa shape index (κ3) is 5.28. The van der Waals surface area contributed by atoms with Gasteiger partial charge in [-0.2, -0.15) is 0 Å². The lowest BCUT2D eigenvalue weighted by Crippen LogP contribution is -2.34. The third-order valence-corrected chi connectivity index (χ3v) is 4.86. The van der Waals surface area contributed by atoms with Gasteiger partial charge in [0.1, 0.15) is 0 Å². The first-order valence-corrected chi connectivity index (χ1v) is 8.04. The maximum absolute atomic E-state index is 3.27. The first kappa shape index (κ1) is 18.5. The maximum Gasteiger partial charge on any atom is 0.0236 e. The molecular formula is C18H31ClN2. The number of nitrogens with one attached hydrogen (secondary N) is 1. The molecule has 1 fully saturated rings. The molecule has 2 nitrogen and oxygen atoms in total. The fourth-order valence-corrected chi connectivity index (χ4v) is 3.21. The van der Waals surface area contributed by atoms with Crippen LogP contribution in [0.4, 0.5) is 0 Å². The van der Waals surface area contributed by atoms with Crippen molar-refractivity contribution in [2.75, 3.05) is 26.7 Å². The van der Waals surface area contributed by atoms with Crippen molar-refractivity contribution in [3.8, 4) is 0 Å². The van der Waals surface area contributed by atoms with Gasteiger partial charge in [0.25, 0.3) is 0 Å². The van der Waals surface area contributed by atoms with Gasteiger partial charge in [-0.1, -0.05) is 12.1 Å². The van der Waals surface area contributed by atoms with Gasteiger partial charge in [0, 0.05) is 6.54 Å². The van der Waals surface area contributed by atoms with E-state index in [4.69, 9.17) is 0 Å². The minimum absolute atomic E-state index is 0. The molecule has 0 aromatic heterocycles. The van der Waals surface area contributed by atoms with E-state index in [0.717, 1.165) is 12.5 Å². The molecule has 1 aromatic carbocycles. The summed E-state index contributed by atoms with van der Waals surface area (Å²) in [6.07, 6.45) is 4.07. The van der Waals surface area contributed by atoms with Gasteiger partial charge in [-0.3, -0.25) is 4.90 Å². The Hall–Kier alpha value is -0.570. The number of benzene rings is 1. The van der Waals surface area contributed by atoms with Crippen molar-refractivity contribution < 1.29 is 0 Å². The molecule has 1 aliphatic heterocycles. The van der Waals surface area contributed by atoms with Crippen molar-refractivity contribution in [1.29, 1.82) is 0 Å². The summed E-state index contributed by atoms with van der Waals surface area (Å²) in [5, 5.41) is 3.27. The molecule has 1 aliphatic rings. The van der Waals surface area contributed by atoms with Gasteiger partial charge in [0.15, 0.2) is 0 Å². The van der Waals surface area contributed by atoms with Crippen LogP contribution in [0.3, 0.4) is 0 Å². The first-order valence-electron chi connectivity index (χ1n) is 8.04. The standard InChI is InChI=1S/C18H30N2.ClH/c1-14-11-16(3)18(12-15(14)2)13-20-9-6-17(7-10-20)5-8-19-4;/h11-12,17,19H,5-10,13H2,1-4H3;1H. The van der Waals surface area contributed by atoms with Crippen molar-refractivity contribution in [1.82, 2.24) is 10.2 Å². The molecule has 1 aromatic rings. The zero-order valence-electron chi connectivity index (χ0n) is 14.0. The molecule has 0 aliphatic carbocycles. The Balaban J connectivity index is 0.00000220. The molecule has 0 radical (unpaired) electrons. The molecular weight excluding hydrogens is 280 g/mol. The second kappa shape index (κ2) is 8.77. The van der Waals surface area contributed by atoms with E-state index >= 15 is 0 Å². The van der Waals surface area contributed by atoms with E-state index in [1.54, 1.807) is 0 Å². The quantitative estimate of drug-likeness (QED) is 0.888. The molecule has 1 saturated heterocycles. The Morgan fingerprint density at radius 2 is 1.67 bits per heavy atom. The Bertz CT molecular complexity index is 437. The van der Waals surface area contributed by atoms with Crippen molar-refractivity contribution in [2.24, 2.45) is 5.92 Å². The summed E-state index contributed by atoms with van der Waals surface area (Å²) in [5.41, 5.74) is 5.80. The molecule has 3 heteroatoms. The lowest BCUT2D eigenvalue weighted by atomic mass is 9.93. The normalized spacial score (nSPS) is 16.8. The lowest BCUT2D eigenvalue weighted by Gasteiger charge is -2.32. The highest BCUT2D eigenvalue weighted by atomic mass is 35.5. The van der Waals surface area contributed by atoms with E-state index in [9.17, 15) is 0 Å². The monoisotopic (exact) mass is 310 g/mol. The van der Waals surface area contributed by atoms with Gasteiger partial charge >= 0.3 is 0 Å². The molecule has 0 atom stereocenters. The number of halogens is 1. The maximum atomic E-state index is 3.27. The van der Waals surface area contributed by atoms with E-state index in [1.165, 1.54) is 61.2 Å². The molecule has 0 spiro atoms. The zero-order valence-corrected chi connectivity index (χ0v) is 14.9. The number of rotatable bonds is 5. The van der Waals surface area contributed by atoms with E-state index in [1.807, 2.05) is 0 Å². The summed E-state index contributed by atoms with van der Waals surface area (Å²) in [7, 11) is 2.05. The van der Waals surface area contributed by atoms with E-state index < -0.39 is 0 Å². The summed E-state index contributed by atoms with van der Waals surface area (Å²) in [6.45, 7) is 11.5. The molecule has 21 heavy (non-hydrogen) atoms. The summed E-state index contributed by atoms with van der Waals surface area (Å²) < 4.78 is 0. The second-order valence-electron chi connectivity index (χ2n) is 6.47. The molecule has 0 unspecified atom stereocenters. The van der Waals surface area contributed by atoms with E-state index in [0.29, 0.717) is 0 Å². The van der Waals surface area contributed by atoms with Crippen LogP contribution in [0.2, 0.25) is 0 Å². The topological polar surface area (TPSA) is 15.3 Å². The number of hydrogen-bond donors (Lipinski definition) is 1. The van der Waals surface area contributed by atoms with Crippen LogP contribution in [0, 0.1) is 26.7 Å². The average Bonchev–Trinajstić information content (AvgIpc) is 2.44. The van der Waals surface area contributed by atoms with Crippen LogP contribution in [0.15, 0.2) is 12.1 Å². The Morgan fingerprint density at radius 1 is 1.05 bits per heavy atom. The highest BCUT2D eigenvalue weighted by Gasteiger charge is 2.19. The third-order valence-electron chi connectivity index (χ3n) is 4.86. The zero-order chi connectivity index (χ0) is 14.5. The van der Waals surface area contributed by atoms with Crippen LogP contribution in [-0.4, -0.2) is 31.6 Å². The van der Waals surface area contributed by atoms with Crippen LogP contribution < -0.4 is 5.32 Å². The van der Waals surface area contributed by atoms with Crippen LogP contribution >= 0.6 is 12.4 Å². The van der Waals surface area contributed by atoms with Gasteiger partial charge in [-0.15, -0.1) is 12.4 Å². The number of hydrogen-bond acceptors (Lipinski definition) is 2. The number of likely N-dealkylation sites (tertiary alicyclic amines) is 1. The molecule has 2 rings (SSSR count). The average molecular weight is 311 g/mol. The smallest absolute Gasteiger partial charge is 0.0236 e. The van der Waals surface area contributed by atoms with Crippen molar-refractivity contribution in [3.05, 3.63) is 34.4 Å². The molecule has 1 N–H and O–H groups in total. The highest BCUT2D eigenvalue weighted by Crippen LogP contribution is 2.23. The number of piperidine rings is 1. The van der Waals surface area contributed by atoms with Crippen molar-refractivity contribution >= 4 is 12.4 Å². The summed E-state index contributed by atoms with van der Waals surface area (Å²) in [4.78, 5) is 2.63. The van der Waals surface area contributed by atoms with Gasteiger partial charge in [0.05, 0.1) is 0 Å². The number of aryl methyl sites for hydroxylation is 3. The van der Waals surface area contributed by atoms with Crippen molar-refractivity contribution in [2.45, 2.75) is 46.6 Å². The predicted octanol–water partition coefficient (Wildman–Crippen LogP) is 3.86. The fraction of sp³-hybridized carbons (Fsp3) is 0.667. The summed E-state index contributed by atoms with van der Waals surface area (Å²) >= 11 is 0. The first-order chi connectivity index (χ1) is 9.60. The van der Waals surface area contributed by atoms with Gasteiger partial charge in [-0.25, -0.2) is 0 Å². The SMILES string of the molecule is CNCCC1CCN(Cc2cc(C)c(C)cc2C)CC1.Cl. The van der Waals surface area contributed by atoms with Gasteiger partial charge in [0.2, 0.25) is 0 Å². The summed E-state index contributed by atoms with van der Waals surface area (Å²) in [6, 6.07) is 4.72. The van der Waals surface area contributed by atoms with Crippen LogP contribution in [0.5, 0.6) is 0 Å². The minimum atomic E-state index is 0. The largest absolute Gasteiger partial charge is 0.320 e. The van der Waals surface area contributed by atoms with Gasteiger partial charge < -0.3 is 5.32 Å². The Morgan fingerprint density at radius 3 is 2.29 bits per heavy atom. The summed E-state index contributed by atoms with van der Waals surface area (Å²) in [5.74, 6) is 0.930. The molecule has 0 amide bonds. The van der Waals surface area contributed by atoms with E-state index in [2.05, 4.69) is 50.2 Å².